The first kappa shape index (κ1) is 13.2. The summed E-state index contributed by atoms with van der Waals surface area (Å²) in [5, 5.41) is 6.54. The molecule has 0 aliphatic heterocycles. The van der Waals surface area contributed by atoms with E-state index in [1.54, 1.807) is 0 Å². The Labute approximate surface area is 96.8 Å². The minimum Gasteiger partial charge on any atom is -0.164 e. The molecule has 1 aromatic rings. The highest BCUT2D eigenvalue weighted by molar-refractivity contribution is 6.20. The van der Waals surface area contributed by atoms with Crippen molar-refractivity contribution >= 4 is 11.6 Å². The third-order valence-corrected chi connectivity index (χ3v) is 2.42. The molecule has 1 unspecified atom stereocenters. The van der Waals surface area contributed by atoms with Crippen molar-refractivity contribution < 1.29 is 13.2 Å². The van der Waals surface area contributed by atoms with E-state index in [1.807, 2.05) is 6.92 Å². The van der Waals surface area contributed by atoms with E-state index < -0.39 is 11.9 Å². The molecule has 6 heteroatoms. The quantitative estimate of drug-likeness (QED) is 0.767. The van der Waals surface area contributed by atoms with Crippen molar-refractivity contribution in [3.8, 4) is 0 Å². The number of hydrogen-bond donors (Lipinski definition) is 0. The van der Waals surface area contributed by atoms with Gasteiger partial charge in [-0.1, -0.05) is 13.3 Å². The van der Waals surface area contributed by atoms with Crippen LogP contribution in [-0.4, -0.2) is 15.6 Å². The van der Waals surface area contributed by atoms with Crippen LogP contribution in [-0.2, 0) is 12.6 Å². The van der Waals surface area contributed by atoms with Gasteiger partial charge in [0.25, 0.3) is 0 Å². The summed E-state index contributed by atoms with van der Waals surface area (Å²) in [6, 6.07) is 2.25. The Bertz CT molecular complexity index is 324. The second kappa shape index (κ2) is 5.48. The van der Waals surface area contributed by atoms with Crippen LogP contribution in [0, 0.1) is 0 Å². The molecule has 0 aliphatic carbocycles. The molecule has 1 aromatic heterocycles. The van der Waals surface area contributed by atoms with Gasteiger partial charge in [0.15, 0.2) is 5.69 Å². The fourth-order valence-electron chi connectivity index (χ4n) is 1.26. The highest BCUT2D eigenvalue weighted by atomic mass is 35.5. The molecular formula is C10H12ClF3N2. The van der Waals surface area contributed by atoms with Crippen molar-refractivity contribution in [2.45, 2.75) is 37.7 Å². The topological polar surface area (TPSA) is 25.8 Å². The lowest BCUT2D eigenvalue weighted by atomic mass is 10.1. The average molecular weight is 253 g/mol. The molecule has 1 rings (SSSR count). The summed E-state index contributed by atoms with van der Waals surface area (Å²) in [5.41, 5.74) is -0.487. The summed E-state index contributed by atoms with van der Waals surface area (Å²) in [6.07, 6.45) is -2.25. The van der Waals surface area contributed by atoms with Crippen molar-refractivity contribution in [1.29, 1.82) is 0 Å². The first-order valence-electron chi connectivity index (χ1n) is 4.97. The third kappa shape index (κ3) is 3.96. The summed E-state index contributed by atoms with van der Waals surface area (Å²) in [7, 11) is 0. The third-order valence-electron chi connectivity index (χ3n) is 2.04. The first-order valence-corrected chi connectivity index (χ1v) is 5.41. The molecule has 0 amide bonds. The summed E-state index contributed by atoms with van der Waals surface area (Å²) < 4.78 is 36.5. The molecule has 0 bridgehead atoms. The van der Waals surface area contributed by atoms with Gasteiger partial charge in [-0.3, -0.25) is 0 Å². The van der Waals surface area contributed by atoms with Gasteiger partial charge in [0.1, 0.15) is 0 Å². The minimum atomic E-state index is -4.44. The molecule has 0 fully saturated rings. The molecule has 0 saturated heterocycles. The predicted molar refractivity (Wildman–Crippen MR) is 55.3 cm³/mol. The van der Waals surface area contributed by atoms with Gasteiger partial charge in [-0.2, -0.15) is 18.3 Å². The second-order valence-electron chi connectivity index (χ2n) is 3.50. The van der Waals surface area contributed by atoms with Crippen LogP contribution >= 0.6 is 11.6 Å². The smallest absolute Gasteiger partial charge is 0.164 e. The van der Waals surface area contributed by atoms with Gasteiger partial charge in [-0.15, -0.1) is 16.7 Å². The van der Waals surface area contributed by atoms with Crippen molar-refractivity contribution in [3.63, 3.8) is 0 Å². The lowest BCUT2D eigenvalue weighted by Crippen LogP contribution is -2.11. The molecule has 0 spiro atoms. The normalized spacial score (nSPS) is 13.8. The van der Waals surface area contributed by atoms with E-state index in [4.69, 9.17) is 11.6 Å². The average Bonchev–Trinajstić information content (AvgIpc) is 2.17. The van der Waals surface area contributed by atoms with Crippen LogP contribution in [0.3, 0.4) is 0 Å². The maximum atomic E-state index is 12.2. The van der Waals surface area contributed by atoms with Crippen LogP contribution < -0.4 is 0 Å². The lowest BCUT2D eigenvalue weighted by Gasteiger charge is -2.08. The molecule has 2 nitrogen and oxygen atoms in total. The first-order chi connectivity index (χ1) is 7.43. The van der Waals surface area contributed by atoms with E-state index in [1.165, 1.54) is 6.07 Å². The largest absolute Gasteiger partial charge is 0.435 e. The summed E-state index contributed by atoms with van der Waals surface area (Å²) in [4.78, 5) is 0. The zero-order valence-corrected chi connectivity index (χ0v) is 9.52. The number of aromatic nitrogens is 2. The Kier molecular flexibility index (Phi) is 4.53. The molecule has 1 heterocycles. The Morgan fingerprint density at radius 3 is 2.44 bits per heavy atom. The fraction of sp³-hybridized carbons (Fsp3) is 0.600. The molecule has 0 saturated carbocycles. The fourth-order valence-corrected chi connectivity index (χ4v) is 1.64. The van der Waals surface area contributed by atoms with Crippen molar-refractivity contribution in [1.82, 2.24) is 10.2 Å². The minimum absolute atomic E-state index is 0.101. The molecule has 16 heavy (non-hydrogen) atoms. The van der Waals surface area contributed by atoms with Crippen LogP contribution in [0.5, 0.6) is 0 Å². The standard InChI is InChI=1S/C10H12ClF3N2/c1-2-3-7(11)6-8-4-5-9(16-15-8)10(12,13)14/h4-5,7H,2-3,6H2,1H3. The van der Waals surface area contributed by atoms with Gasteiger partial charge in [0.05, 0.1) is 5.69 Å². The van der Waals surface area contributed by atoms with Gasteiger partial charge in [-0.05, 0) is 18.6 Å². The summed E-state index contributed by atoms with van der Waals surface area (Å²) in [5.74, 6) is 0. The zero-order valence-electron chi connectivity index (χ0n) is 8.76. The maximum absolute atomic E-state index is 12.2. The molecular weight excluding hydrogens is 241 g/mol. The van der Waals surface area contributed by atoms with Gasteiger partial charge in [0, 0.05) is 11.8 Å². The van der Waals surface area contributed by atoms with Crippen molar-refractivity contribution in [2.75, 3.05) is 0 Å². The van der Waals surface area contributed by atoms with E-state index in [9.17, 15) is 13.2 Å². The van der Waals surface area contributed by atoms with E-state index in [-0.39, 0.29) is 5.38 Å². The molecule has 0 N–H and O–H groups in total. The molecule has 0 aromatic carbocycles. The number of rotatable bonds is 4. The van der Waals surface area contributed by atoms with E-state index in [0.717, 1.165) is 18.9 Å². The summed E-state index contributed by atoms with van der Waals surface area (Å²) >= 11 is 5.96. The Balaban J connectivity index is 2.65. The highest BCUT2D eigenvalue weighted by Crippen LogP contribution is 2.26. The number of alkyl halides is 4. The van der Waals surface area contributed by atoms with E-state index in [0.29, 0.717) is 12.1 Å². The molecule has 0 radical (unpaired) electrons. The van der Waals surface area contributed by atoms with Crippen LogP contribution in [0.4, 0.5) is 13.2 Å². The van der Waals surface area contributed by atoms with Gasteiger partial charge in [-0.25, -0.2) is 0 Å². The van der Waals surface area contributed by atoms with Crippen LogP contribution in [0.2, 0.25) is 0 Å². The van der Waals surface area contributed by atoms with Gasteiger partial charge >= 0.3 is 6.18 Å². The Morgan fingerprint density at radius 2 is 2.00 bits per heavy atom. The van der Waals surface area contributed by atoms with Crippen molar-refractivity contribution in [3.05, 3.63) is 23.5 Å². The number of hydrogen-bond acceptors (Lipinski definition) is 2. The van der Waals surface area contributed by atoms with Crippen LogP contribution in [0.15, 0.2) is 12.1 Å². The second-order valence-corrected chi connectivity index (χ2v) is 4.11. The summed E-state index contributed by atoms with van der Waals surface area (Å²) in [6.45, 7) is 1.99. The monoisotopic (exact) mass is 252 g/mol. The molecule has 90 valence electrons. The molecule has 1 atom stereocenters. The SMILES string of the molecule is CCCC(Cl)Cc1ccc(C(F)(F)F)nn1. The number of nitrogens with zero attached hydrogens (tertiary/aromatic N) is 2. The predicted octanol–water partition coefficient (Wildman–Crippen LogP) is 3.45. The zero-order chi connectivity index (χ0) is 12.2. The van der Waals surface area contributed by atoms with Crippen molar-refractivity contribution in [2.24, 2.45) is 0 Å². The maximum Gasteiger partial charge on any atom is 0.435 e. The van der Waals surface area contributed by atoms with Gasteiger partial charge < -0.3 is 0 Å². The van der Waals surface area contributed by atoms with Crippen LogP contribution in [0.25, 0.3) is 0 Å². The Hall–Kier alpha value is -0.840. The van der Waals surface area contributed by atoms with Crippen LogP contribution in [0.1, 0.15) is 31.2 Å². The van der Waals surface area contributed by atoms with E-state index >= 15 is 0 Å². The van der Waals surface area contributed by atoms with E-state index in [2.05, 4.69) is 10.2 Å². The molecule has 0 aliphatic rings. The van der Waals surface area contributed by atoms with Gasteiger partial charge in [0.2, 0.25) is 0 Å². The highest BCUT2D eigenvalue weighted by Gasteiger charge is 2.32. The lowest BCUT2D eigenvalue weighted by molar-refractivity contribution is -0.141. The number of halogens is 4. The Morgan fingerprint density at radius 1 is 1.31 bits per heavy atom.